The fourth-order valence-corrected chi connectivity index (χ4v) is 5.90. The van der Waals surface area contributed by atoms with Crippen molar-refractivity contribution in [3.63, 3.8) is 0 Å². The summed E-state index contributed by atoms with van der Waals surface area (Å²) in [4.78, 5) is 27.2. The van der Waals surface area contributed by atoms with Crippen molar-refractivity contribution in [1.82, 2.24) is 19.5 Å². The molecule has 1 aliphatic heterocycles. The van der Waals surface area contributed by atoms with E-state index >= 15 is 0 Å². The van der Waals surface area contributed by atoms with Crippen LogP contribution in [0.4, 0.5) is 11.5 Å². The Bertz CT molecular complexity index is 1780. The third-order valence-electron chi connectivity index (χ3n) is 8.55. The summed E-state index contributed by atoms with van der Waals surface area (Å²) in [5, 5.41) is 3.08. The first-order valence-corrected chi connectivity index (χ1v) is 14.5. The molecule has 1 aliphatic carbocycles. The van der Waals surface area contributed by atoms with Gasteiger partial charge in [0.15, 0.2) is 11.5 Å². The SMILES string of the molecule is Cl.Nc1ncccc1-c1nc2ccc(-c3cccc(NC(=O)C4CCOCC4)c3)nc2n1-c1ccc(C2(N)CCC2)cc1. The van der Waals surface area contributed by atoms with Crippen LogP contribution in [-0.4, -0.2) is 38.6 Å². The fourth-order valence-electron chi connectivity index (χ4n) is 5.90. The molecule has 9 nitrogen and oxygen atoms in total. The van der Waals surface area contributed by atoms with E-state index in [4.69, 9.17) is 26.2 Å². The first kappa shape index (κ1) is 28.8. The number of nitrogens with one attached hydrogen (secondary N) is 1. The van der Waals surface area contributed by atoms with Gasteiger partial charge in [-0.1, -0.05) is 24.3 Å². The average Bonchev–Trinajstić information content (AvgIpc) is 3.39. The van der Waals surface area contributed by atoms with Crippen LogP contribution in [0.1, 0.15) is 37.7 Å². The number of ether oxygens (including phenoxy) is 1. The number of rotatable bonds is 6. The molecule has 43 heavy (non-hydrogen) atoms. The number of imidazole rings is 1. The van der Waals surface area contributed by atoms with E-state index in [9.17, 15) is 4.79 Å². The van der Waals surface area contributed by atoms with E-state index in [1.165, 1.54) is 0 Å². The monoisotopic (exact) mass is 595 g/mol. The van der Waals surface area contributed by atoms with Crippen LogP contribution < -0.4 is 16.8 Å². The quantitative estimate of drug-likeness (QED) is 0.224. The van der Waals surface area contributed by atoms with Crippen LogP contribution in [0, 0.1) is 5.92 Å². The highest BCUT2D eigenvalue weighted by atomic mass is 35.5. The second-order valence-electron chi connectivity index (χ2n) is 11.3. The number of carbonyl (C=O) groups excluding carboxylic acids is 1. The van der Waals surface area contributed by atoms with Crippen molar-refractivity contribution in [3.05, 3.63) is 84.6 Å². The predicted octanol–water partition coefficient (Wildman–Crippen LogP) is 5.86. The van der Waals surface area contributed by atoms with E-state index < -0.39 is 0 Å². The molecule has 0 bridgehead atoms. The van der Waals surface area contributed by atoms with Gasteiger partial charge in [-0.2, -0.15) is 0 Å². The number of pyridine rings is 2. The Balaban J connectivity index is 0.00000329. The second kappa shape index (κ2) is 11.8. The Morgan fingerprint density at radius 3 is 2.49 bits per heavy atom. The number of hydrogen-bond acceptors (Lipinski definition) is 7. The topological polar surface area (TPSA) is 134 Å². The molecular weight excluding hydrogens is 562 g/mol. The molecule has 1 saturated carbocycles. The molecule has 5 N–H and O–H groups in total. The summed E-state index contributed by atoms with van der Waals surface area (Å²) in [6.07, 6.45) is 6.30. The minimum atomic E-state index is -0.247. The lowest BCUT2D eigenvalue weighted by atomic mass is 9.73. The maximum atomic E-state index is 12.8. The number of halogens is 1. The molecule has 10 heteroatoms. The van der Waals surface area contributed by atoms with Gasteiger partial charge in [0.1, 0.15) is 11.3 Å². The summed E-state index contributed by atoms with van der Waals surface area (Å²) in [7, 11) is 0. The van der Waals surface area contributed by atoms with E-state index in [0.717, 1.165) is 71.4 Å². The first-order valence-electron chi connectivity index (χ1n) is 14.5. The molecule has 0 atom stereocenters. The average molecular weight is 596 g/mol. The number of nitrogens with two attached hydrogens (primary N) is 2. The third-order valence-corrected chi connectivity index (χ3v) is 8.55. The van der Waals surface area contributed by atoms with Gasteiger partial charge in [-0.3, -0.25) is 9.36 Å². The lowest BCUT2D eigenvalue weighted by molar-refractivity contribution is -0.122. The molecule has 220 valence electrons. The zero-order valence-electron chi connectivity index (χ0n) is 23.7. The van der Waals surface area contributed by atoms with E-state index in [1.54, 1.807) is 6.20 Å². The minimum absolute atomic E-state index is 0. The minimum Gasteiger partial charge on any atom is -0.383 e. The van der Waals surface area contributed by atoms with Crippen LogP contribution in [0.15, 0.2) is 79.0 Å². The summed E-state index contributed by atoms with van der Waals surface area (Å²) in [6.45, 7) is 1.25. The van der Waals surface area contributed by atoms with Gasteiger partial charge in [0.2, 0.25) is 5.91 Å². The van der Waals surface area contributed by atoms with Gasteiger partial charge in [0.25, 0.3) is 0 Å². The zero-order valence-corrected chi connectivity index (χ0v) is 24.5. The van der Waals surface area contributed by atoms with Gasteiger partial charge in [0, 0.05) is 47.8 Å². The molecule has 0 radical (unpaired) electrons. The van der Waals surface area contributed by atoms with Crippen molar-refractivity contribution < 1.29 is 9.53 Å². The van der Waals surface area contributed by atoms with Gasteiger partial charge >= 0.3 is 0 Å². The van der Waals surface area contributed by atoms with Crippen LogP contribution in [0.5, 0.6) is 0 Å². The summed E-state index contributed by atoms with van der Waals surface area (Å²) in [5.74, 6) is 1.06. The van der Waals surface area contributed by atoms with E-state index in [-0.39, 0.29) is 29.8 Å². The summed E-state index contributed by atoms with van der Waals surface area (Å²) in [6, 6.07) is 23.8. The molecule has 0 unspecified atom stereocenters. The molecule has 5 aromatic rings. The summed E-state index contributed by atoms with van der Waals surface area (Å²) >= 11 is 0. The van der Waals surface area contributed by atoms with E-state index in [1.807, 2.05) is 53.1 Å². The Hall–Kier alpha value is -4.31. The molecule has 1 saturated heterocycles. The number of carbonyl (C=O) groups is 1. The number of nitrogens with zero attached hydrogens (tertiary/aromatic N) is 4. The number of benzene rings is 2. The van der Waals surface area contributed by atoms with Crippen molar-refractivity contribution in [2.24, 2.45) is 11.7 Å². The number of nitrogen functional groups attached to an aromatic ring is 1. The predicted molar refractivity (Wildman–Crippen MR) is 171 cm³/mol. The lowest BCUT2D eigenvalue weighted by Gasteiger charge is -2.38. The largest absolute Gasteiger partial charge is 0.383 e. The molecule has 0 spiro atoms. The molecule has 2 fully saturated rings. The Morgan fingerprint density at radius 1 is 0.977 bits per heavy atom. The molecule has 4 heterocycles. The van der Waals surface area contributed by atoms with Crippen LogP contribution in [0.25, 0.3) is 39.5 Å². The van der Waals surface area contributed by atoms with Crippen molar-refractivity contribution in [2.75, 3.05) is 24.3 Å². The molecular formula is C33H34ClN7O2. The molecule has 1 amide bonds. The Kier molecular flexibility index (Phi) is 7.87. The number of hydrogen-bond donors (Lipinski definition) is 3. The van der Waals surface area contributed by atoms with Crippen LogP contribution in [0.2, 0.25) is 0 Å². The summed E-state index contributed by atoms with van der Waals surface area (Å²) < 4.78 is 7.43. The van der Waals surface area contributed by atoms with Crippen LogP contribution in [0.3, 0.4) is 0 Å². The Labute approximate surface area is 256 Å². The van der Waals surface area contributed by atoms with Crippen molar-refractivity contribution >= 4 is 41.0 Å². The molecule has 7 rings (SSSR count). The zero-order chi connectivity index (χ0) is 28.7. The number of fused-ring (bicyclic) bond motifs is 1. The van der Waals surface area contributed by atoms with Gasteiger partial charge in [-0.25, -0.2) is 15.0 Å². The van der Waals surface area contributed by atoms with Gasteiger partial charge < -0.3 is 21.5 Å². The maximum Gasteiger partial charge on any atom is 0.227 e. The number of anilines is 2. The van der Waals surface area contributed by atoms with Crippen molar-refractivity contribution in [1.29, 1.82) is 0 Å². The highest BCUT2D eigenvalue weighted by Crippen LogP contribution is 2.39. The first-order chi connectivity index (χ1) is 20.5. The maximum absolute atomic E-state index is 12.8. The molecule has 3 aromatic heterocycles. The van der Waals surface area contributed by atoms with Gasteiger partial charge in [-0.15, -0.1) is 12.4 Å². The van der Waals surface area contributed by atoms with Crippen LogP contribution >= 0.6 is 12.4 Å². The molecule has 2 aliphatic rings. The van der Waals surface area contributed by atoms with Crippen LogP contribution in [-0.2, 0) is 15.1 Å². The number of aromatic nitrogens is 4. The van der Waals surface area contributed by atoms with E-state index in [0.29, 0.717) is 30.5 Å². The normalized spacial score (nSPS) is 16.3. The second-order valence-corrected chi connectivity index (χ2v) is 11.3. The van der Waals surface area contributed by atoms with Crippen molar-refractivity contribution in [2.45, 2.75) is 37.6 Å². The summed E-state index contributed by atoms with van der Waals surface area (Å²) in [5.41, 5.74) is 19.3. The highest BCUT2D eigenvalue weighted by molar-refractivity contribution is 5.93. The van der Waals surface area contributed by atoms with E-state index in [2.05, 4.69) is 34.6 Å². The van der Waals surface area contributed by atoms with Gasteiger partial charge in [0.05, 0.1) is 11.3 Å². The smallest absolute Gasteiger partial charge is 0.227 e. The third kappa shape index (κ3) is 5.47. The Morgan fingerprint density at radius 2 is 1.77 bits per heavy atom. The highest BCUT2D eigenvalue weighted by Gasteiger charge is 2.34. The number of amides is 1. The standard InChI is InChI=1S/C33H33N7O2.ClH/c34-29-26(6-2-17-36-29)30-39-28-12-11-27(22-4-1-5-24(20-22)37-32(41)21-13-18-42-19-14-21)38-31(28)40(30)25-9-7-23(8-10-25)33(35)15-3-16-33;/h1-2,4-12,17,20-21H,3,13-16,18-19,35H2,(H2,34,36)(H,37,41);1H. The molecule has 2 aromatic carbocycles. The lowest BCUT2D eigenvalue weighted by Crippen LogP contribution is -2.43. The van der Waals surface area contributed by atoms with Gasteiger partial charge in [-0.05, 0) is 86.2 Å². The fraction of sp³-hybridized carbons (Fsp3) is 0.273. The van der Waals surface area contributed by atoms with Crippen molar-refractivity contribution in [3.8, 4) is 28.3 Å².